The number of imide groups is 1. The monoisotopic (exact) mass is 445 g/mol. The van der Waals surface area contributed by atoms with Crippen LogP contribution in [-0.4, -0.2) is 60.2 Å². The van der Waals surface area contributed by atoms with Gasteiger partial charge in [-0.25, -0.2) is 8.42 Å². The van der Waals surface area contributed by atoms with Crippen LogP contribution in [0.25, 0.3) is 0 Å². The number of hydrogen-bond acceptors (Lipinski definition) is 6. The molecule has 0 spiro atoms. The molecule has 30 heavy (non-hydrogen) atoms. The van der Waals surface area contributed by atoms with Crippen LogP contribution in [0.3, 0.4) is 0 Å². The fourth-order valence-electron chi connectivity index (χ4n) is 3.36. The van der Waals surface area contributed by atoms with Gasteiger partial charge in [0.15, 0.2) is 0 Å². The highest BCUT2D eigenvalue weighted by atomic mass is 32.2. The number of amides is 3. The zero-order valence-corrected chi connectivity index (χ0v) is 17.7. The molecule has 2 aromatic carbocycles. The van der Waals surface area contributed by atoms with Gasteiger partial charge >= 0.3 is 0 Å². The lowest BCUT2D eigenvalue weighted by Crippen LogP contribution is -2.62. The van der Waals surface area contributed by atoms with Crippen LogP contribution in [0, 0.1) is 6.92 Å². The summed E-state index contributed by atoms with van der Waals surface area (Å²) in [4.78, 5) is 39.1. The molecule has 3 amide bonds. The first-order valence-corrected chi connectivity index (χ1v) is 11.7. The zero-order chi connectivity index (χ0) is 21.5. The second kappa shape index (κ2) is 7.77. The molecule has 0 unspecified atom stereocenters. The van der Waals surface area contributed by atoms with Crippen molar-refractivity contribution in [1.82, 2.24) is 9.80 Å². The first-order chi connectivity index (χ1) is 14.2. The summed E-state index contributed by atoms with van der Waals surface area (Å²) in [6.45, 7) is 2.42. The number of aryl methyl sites for hydroxylation is 1. The SMILES string of the molecule is Cc1cccc(S(=O)(=O)Nc2ccc(C(=O)N3CC(N4C(=O)CSC4=O)C3)cc2)c1. The Kier molecular flexibility index (Phi) is 5.29. The van der Waals surface area contributed by atoms with Crippen molar-refractivity contribution in [3.63, 3.8) is 0 Å². The average molecular weight is 446 g/mol. The van der Waals surface area contributed by atoms with Crippen LogP contribution < -0.4 is 4.72 Å². The third-order valence-corrected chi connectivity index (χ3v) is 7.20. The Morgan fingerprint density at radius 3 is 2.40 bits per heavy atom. The quantitative estimate of drug-likeness (QED) is 0.758. The van der Waals surface area contributed by atoms with Gasteiger partial charge in [-0.3, -0.25) is 24.0 Å². The number of thioether (sulfide) groups is 1. The Balaban J connectivity index is 1.39. The Bertz CT molecular complexity index is 1110. The molecule has 2 aliphatic heterocycles. The van der Waals surface area contributed by atoms with E-state index < -0.39 is 10.0 Å². The molecule has 0 atom stereocenters. The highest BCUT2D eigenvalue weighted by Gasteiger charge is 2.43. The molecule has 4 rings (SSSR count). The van der Waals surface area contributed by atoms with E-state index in [2.05, 4.69) is 4.72 Å². The van der Waals surface area contributed by atoms with Crippen LogP contribution in [0.5, 0.6) is 0 Å². The Morgan fingerprint density at radius 2 is 1.80 bits per heavy atom. The predicted octanol–water partition coefficient (Wildman–Crippen LogP) is 2.32. The fourth-order valence-corrected chi connectivity index (χ4v) is 5.30. The number of anilines is 1. The molecule has 0 aromatic heterocycles. The Hall–Kier alpha value is -2.85. The summed E-state index contributed by atoms with van der Waals surface area (Å²) in [5.74, 6) is -0.290. The van der Waals surface area contributed by atoms with E-state index >= 15 is 0 Å². The number of nitrogens with zero attached hydrogens (tertiary/aromatic N) is 2. The van der Waals surface area contributed by atoms with Crippen molar-refractivity contribution < 1.29 is 22.8 Å². The Labute approximate surface area is 178 Å². The maximum Gasteiger partial charge on any atom is 0.289 e. The molecule has 2 aliphatic rings. The number of hydrogen-bond donors (Lipinski definition) is 1. The largest absolute Gasteiger partial charge is 0.334 e. The number of rotatable bonds is 5. The molecular formula is C20H19N3O5S2. The van der Waals surface area contributed by atoms with Gasteiger partial charge in [0.2, 0.25) is 5.91 Å². The van der Waals surface area contributed by atoms with Crippen molar-refractivity contribution in [1.29, 1.82) is 0 Å². The normalized spacial score (nSPS) is 17.2. The summed E-state index contributed by atoms with van der Waals surface area (Å²) in [5.41, 5.74) is 1.59. The summed E-state index contributed by atoms with van der Waals surface area (Å²) in [6, 6.07) is 12.5. The van der Waals surface area contributed by atoms with Crippen LogP contribution in [0.1, 0.15) is 15.9 Å². The fraction of sp³-hybridized carbons (Fsp3) is 0.250. The number of likely N-dealkylation sites (tertiary alicyclic amines) is 1. The van der Waals surface area contributed by atoms with E-state index in [0.29, 0.717) is 24.3 Å². The molecule has 0 bridgehead atoms. The van der Waals surface area contributed by atoms with Gasteiger partial charge in [-0.2, -0.15) is 0 Å². The smallest absolute Gasteiger partial charge is 0.289 e. The summed E-state index contributed by atoms with van der Waals surface area (Å²) in [5, 5.41) is -0.262. The molecule has 156 valence electrons. The van der Waals surface area contributed by atoms with Crippen LogP contribution in [0.4, 0.5) is 10.5 Å². The van der Waals surface area contributed by atoms with E-state index in [1.165, 1.54) is 23.1 Å². The first-order valence-electron chi connectivity index (χ1n) is 9.22. The van der Waals surface area contributed by atoms with E-state index in [1.54, 1.807) is 29.2 Å². The molecule has 10 heteroatoms. The maximum atomic E-state index is 12.6. The highest BCUT2D eigenvalue weighted by Crippen LogP contribution is 2.27. The van der Waals surface area contributed by atoms with Gasteiger partial charge in [-0.15, -0.1) is 0 Å². The molecule has 1 N–H and O–H groups in total. The minimum absolute atomic E-state index is 0.156. The molecule has 2 saturated heterocycles. The van der Waals surface area contributed by atoms with Crippen LogP contribution in [0.2, 0.25) is 0 Å². The van der Waals surface area contributed by atoms with E-state index in [0.717, 1.165) is 17.3 Å². The summed E-state index contributed by atoms with van der Waals surface area (Å²) in [7, 11) is -3.72. The first kappa shape index (κ1) is 20.4. The Morgan fingerprint density at radius 1 is 1.10 bits per heavy atom. The van der Waals surface area contributed by atoms with E-state index in [-0.39, 0.29) is 33.7 Å². The molecule has 2 heterocycles. The summed E-state index contributed by atoms with van der Waals surface area (Å²) < 4.78 is 27.5. The molecule has 2 aromatic rings. The van der Waals surface area contributed by atoms with Crippen molar-refractivity contribution >= 4 is 44.5 Å². The van der Waals surface area contributed by atoms with Gasteiger partial charge in [0, 0.05) is 24.3 Å². The summed E-state index contributed by atoms with van der Waals surface area (Å²) >= 11 is 0.980. The lowest BCUT2D eigenvalue weighted by molar-refractivity contribution is -0.128. The number of carbonyl (C=O) groups is 3. The number of carbonyl (C=O) groups excluding carboxylic acids is 3. The molecule has 0 aliphatic carbocycles. The second-order valence-electron chi connectivity index (χ2n) is 7.18. The third kappa shape index (κ3) is 3.92. The van der Waals surface area contributed by atoms with Gasteiger partial charge in [0.05, 0.1) is 16.7 Å². The third-order valence-electron chi connectivity index (χ3n) is 4.98. The van der Waals surface area contributed by atoms with Crippen molar-refractivity contribution in [3.8, 4) is 0 Å². The van der Waals surface area contributed by atoms with E-state index in [1.807, 2.05) is 13.0 Å². The molecule has 0 saturated carbocycles. The minimum Gasteiger partial charge on any atom is -0.334 e. The molecule has 0 radical (unpaired) electrons. The van der Waals surface area contributed by atoms with Crippen molar-refractivity contribution in [3.05, 3.63) is 59.7 Å². The van der Waals surface area contributed by atoms with Gasteiger partial charge in [-0.05, 0) is 48.9 Å². The van der Waals surface area contributed by atoms with Gasteiger partial charge < -0.3 is 4.90 Å². The standard InChI is InChI=1S/C20H19N3O5S2/c1-13-3-2-4-17(9-13)30(27,28)21-15-7-5-14(6-8-15)19(25)22-10-16(11-22)23-18(24)12-29-20(23)26/h2-9,16,21H,10-12H2,1H3. The zero-order valence-electron chi connectivity index (χ0n) is 16.1. The van der Waals surface area contributed by atoms with E-state index in [9.17, 15) is 22.8 Å². The molecular weight excluding hydrogens is 426 g/mol. The number of benzene rings is 2. The highest BCUT2D eigenvalue weighted by molar-refractivity contribution is 8.14. The maximum absolute atomic E-state index is 12.6. The van der Waals surface area contributed by atoms with Gasteiger partial charge in [0.1, 0.15) is 0 Å². The number of nitrogens with one attached hydrogen (secondary N) is 1. The van der Waals surface area contributed by atoms with Crippen molar-refractivity contribution in [2.75, 3.05) is 23.6 Å². The van der Waals surface area contributed by atoms with Crippen LogP contribution in [0.15, 0.2) is 53.4 Å². The second-order valence-corrected chi connectivity index (χ2v) is 9.79. The van der Waals surface area contributed by atoms with Crippen LogP contribution in [-0.2, 0) is 14.8 Å². The van der Waals surface area contributed by atoms with E-state index in [4.69, 9.17) is 0 Å². The van der Waals surface area contributed by atoms with Gasteiger partial charge in [0.25, 0.3) is 21.2 Å². The van der Waals surface area contributed by atoms with Gasteiger partial charge in [-0.1, -0.05) is 23.9 Å². The van der Waals surface area contributed by atoms with Crippen molar-refractivity contribution in [2.45, 2.75) is 17.9 Å². The number of sulfonamides is 1. The van der Waals surface area contributed by atoms with Crippen molar-refractivity contribution in [2.24, 2.45) is 0 Å². The lowest BCUT2D eigenvalue weighted by Gasteiger charge is -2.42. The minimum atomic E-state index is -3.72. The van der Waals surface area contributed by atoms with Crippen LogP contribution >= 0.6 is 11.8 Å². The topological polar surface area (TPSA) is 104 Å². The predicted molar refractivity (Wildman–Crippen MR) is 113 cm³/mol. The lowest BCUT2D eigenvalue weighted by atomic mass is 10.0. The summed E-state index contributed by atoms with van der Waals surface area (Å²) in [6.07, 6.45) is 0. The average Bonchev–Trinajstić information content (AvgIpc) is 3.00. The molecule has 8 nitrogen and oxygen atoms in total. The molecule has 2 fully saturated rings.